The molecule has 1 aromatic carbocycles. The Hall–Kier alpha value is -1.10. The first-order chi connectivity index (χ1) is 6.27. The zero-order valence-corrected chi connectivity index (χ0v) is 7.27. The summed E-state index contributed by atoms with van der Waals surface area (Å²) in [4.78, 5) is 0. The van der Waals surface area contributed by atoms with E-state index in [0.717, 1.165) is 11.3 Å². The SMILES string of the molecule is NNc1ccccc1C[C@@H](O)CO. The van der Waals surface area contributed by atoms with Crippen molar-refractivity contribution >= 4 is 5.69 Å². The highest BCUT2D eigenvalue weighted by molar-refractivity contribution is 5.50. The van der Waals surface area contributed by atoms with Crippen LogP contribution in [0.4, 0.5) is 5.69 Å². The second-order valence-electron chi connectivity index (χ2n) is 2.84. The highest BCUT2D eigenvalue weighted by atomic mass is 16.3. The van der Waals surface area contributed by atoms with Crippen molar-refractivity contribution in [2.24, 2.45) is 5.84 Å². The molecule has 0 aliphatic carbocycles. The summed E-state index contributed by atoms with van der Waals surface area (Å²) in [5.74, 6) is 5.27. The maximum atomic E-state index is 9.21. The van der Waals surface area contributed by atoms with Gasteiger partial charge in [-0.1, -0.05) is 18.2 Å². The molecule has 0 aliphatic rings. The molecule has 0 aliphatic heterocycles. The van der Waals surface area contributed by atoms with Crippen molar-refractivity contribution in [3.63, 3.8) is 0 Å². The van der Waals surface area contributed by atoms with Gasteiger partial charge in [-0.3, -0.25) is 5.84 Å². The van der Waals surface area contributed by atoms with E-state index in [1.54, 1.807) is 0 Å². The lowest BCUT2D eigenvalue weighted by atomic mass is 10.1. The molecule has 0 fully saturated rings. The van der Waals surface area contributed by atoms with E-state index in [4.69, 9.17) is 10.9 Å². The lowest BCUT2D eigenvalue weighted by Crippen LogP contribution is -2.17. The topological polar surface area (TPSA) is 78.5 Å². The molecule has 0 heterocycles. The van der Waals surface area contributed by atoms with Gasteiger partial charge in [0.1, 0.15) is 0 Å². The summed E-state index contributed by atoms with van der Waals surface area (Å²) in [5, 5.41) is 17.9. The molecule has 1 atom stereocenters. The van der Waals surface area contributed by atoms with Crippen molar-refractivity contribution in [1.82, 2.24) is 0 Å². The molecule has 5 N–H and O–H groups in total. The van der Waals surface area contributed by atoms with Gasteiger partial charge in [-0.05, 0) is 11.6 Å². The number of aliphatic hydroxyl groups excluding tert-OH is 2. The van der Waals surface area contributed by atoms with Gasteiger partial charge in [0.25, 0.3) is 0 Å². The van der Waals surface area contributed by atoms with Crippen LogP contribution in [0.3, 0.4) is 0 Å². The zero-order valence-electron chi connectivity index (χ0n) is 7.27. The Morgan fingerprint density at radius 2 is 2.08 bits per heavy atom. The first-order valence-electron chi connectivity index (χ1n) is 4.11. The summed E-state index contributed by atoms with van der Waals surface area (Å²) < 4.78 is 0. The average Bonchev–Trinajstić information content (AvgIpc) is 2.18. The smallest absolute Gasteiger partial charge is 0.0811 e. The van der Waals surface area contributed by atoms with Crippen LogP contribution in [0.5, 0.6) is 0 Å². The molecule has 1 rings (SSSR count). The van der Waals surface area contributed by atoms with Gasteiger partial charge in [0.2, 0.25) is 0 Å². The highest BCUT2D eigenvalue weighted by Gasteiger charge is 2.06. The Kier molecular flexibility index (Phi) is 3.70. The normalized spacial score (nSPS) is 12.5. The molecule has 4 heteroatoms. The minimum Gasteiger partial charge on any atom is -0.394 e. The number of nitrogens with one attached hydrogen (secondary N) is 1. The third kappa shape index (κ3) is 2.69. The molecule has 0 bridgehead atoms. The molecule has 72 valence electrons. The van der Waals surface area contributed by atoms with Crippen molar-refractivity contribution in [2.75, 3.05) is 12.0 Å². The van der Waals surface area contributed by atoms with E-state index in [9.17, 15) is 5.11 Å². The van der Waals surface area contributed by atoms with Crippen molar-refractivity contribution < 1.29 is 10.2 Å². The summed E-state index contributed by atoms with van der Waals surface area (Å²) in [7, 11) is 0. The Labute approximate surface area is 77.0 Å². The van der Waals surface area contributed by atoms with Gasteiger partial charge in [-0.2, -0.15) is 0 Å². The number of para-hydroxylation sites is 1. The molecular formula is C9H14N2O2. The van der Waals surface area contributed by atoms with Gasteiger partial charge in [0, 0.05) is 6.42 Å². The van der Waals surface area contributed by atoms with Crippen LogP contribution in [0.1, 0.15) is 5.56 Å². The molecule has 13 heavy (non-hydrogen) atoms. The van der Waals surface area contributed by atoms with Gasteiger partial charge >= 0.3 is 0 Å². The molecule has 0 saturated carbocycles. The summed E-state index contributed by atoms with van der Waals surface area (Å²) in [6.45, 7) is -0.237. The average molecular weight is 182 g/mol. The van der Waals surface area contributed by atoms with Crippen molar-refractivity contribution in [1.29, 1.82) is 0 Å². The number of anilines is 1. The second-order valence-corrected chi connectivity index (χ2v) is 2.84. The van der Waals surface area contributed by atoms with Crippen LogP contribution >= 0.6 is 0 Å². The number of nitrogens with two attached hydrogens (primary N) is 1. The third-order valence-electron chi connectivity index (χ3n) is 1.84. The Balaban J connectivity index is 2.74. The van der Waals surface area contributed by atoms with E-state index in [0.29, 0.717) is 6.42 Å². The first-order valence-corrected chi connectivity index (χ1v) is 4.11. The Bertz CT molecular complexity index is 266. The van der Waals surface area contributed by atoms with Crippen LogP contribution in [-0.2, 0) is 6.42 Å². The summed E-state index contributed by atoms with van der Waals surface area (Å²) in [6, 6.07) is 7.39. The van der Waals surface area contributed by atoms with E-state index in [-0.39, 0.29) is 6.61 Å². The van der Waals surface area contributed by atoms with E-state index < -0.39 is 6.10 Å². The second kappa shape index (κ2) is 4.81. The van der Waals surface area contributed by atoms with Crippen molar-refractivity contribution in [3.05, 3.63) is 29.8 Å². The number of hydrogen-bond donors (Lipinski definition) is 4. The van der Waals surface area contributed by atoms with Crippen LogP contribution in [-0.4, -0.2) is 22.9 Å². The molecule has 4 nitrogen and oxygen atoms in total. The van der Waals surface area contributed by atoms with Crippen molar-refractivity contribution in [2.45, 2.75) is 12.5 Å². The maximum absolute atomic E-state index is 9.21. The maximum Gasteiger partial charge on any atom is 0.0811 e. The van der Waals surface area contributed by atoms with Crippen LogP contribution in [0, 0.1) is 0 Å². The molecule has 0 spiro atoms. The fourth-order valence-electron chi connectivity index (χ4n) is 1.16. The number of nitrogen functional groups attached to an aromatic ring is 1. The number of hydrazine groups is 1. The predicted molar refractivity (Wildman–Crippen MR) is 51.0 cm³/mol. The predicted octanol–water partition coefficient (Wildman–Crippen LogP) is -0.132. The minimum absolute atomic E-state index is 0.237. The first kappa shape index (κ1) is 9.98. The molecule has 0 aromatic heterocycles. The number of benzene rings is 1. The lowest BCUT2D eigenvalue weighted by molar-refractivity contribution is 0.0956. The number of hydrogen-bond acceptors (Lipinski definition) is 4. The molecule has 0 radical (unpaired) electrons. The van der Waals surface area contributed by atoms with Gasteiger partial charge in [-0.15, -0.1) is 0 Å². The van der Waals surface area contributed by atoms with E-state index in [1.165, 1.54) is 0 Å². The third-order valence-corrected chi connectivity index (χ3v) is 1.84. The number of rotatable bonds is 4. The standard InChI is InChI=1S/C9H14N2O2/c10-11-9-4-2-1-3-7(9)5-8(13)6-12/h1-4,8,11-13H,5-6,10H2/t8-/m1/s1. The fraction of sp³-hybridized carbons (Fsp3) is 0.333. The molecule has 0 amide bonds. The fourth-order valence-corrected chi connectivity index (χ4v) is 1.16. The number of aliphatic hydroxyl groups is 2. The molecule has 1 aromatic rings. The summed E-state index contributed by atoms with van der Waals surface area (Å²) >= 11 is 0. The molecule has 0 unspecified atom stereocenters. The minimum atomic E-state index is -0.727. The van der Waals surface area contributed by atoms with Crippen molar-refractivity contribution in [3.8, 4) is 0 Å². The quantitative estimate of drug-likeness (QED) is 0.386. The monoisotopic (exact) mass is 182 g/mol. The van der Waals surface area contributed by atoms with Gasteiger partial charge in [0.05, 0.1) is 18.4 Å². The summed E-state index contributed by atoms with van der Waals surface area (Å²) in [6.07, 6.45) is -0.328. The van der Waals surface area contributed by atoms with E-state index in [2.05, 4.69) is 5.43 Å². The van der Waals surface area contributed by atoms with Gasteiger partial charge in [0.15, 0.2) is 0 Å². The van der Waals surface area contributed by atoms with Gasteiger partial charge < -0.3 is 15.6 Å². The van der Waals surface area contributed by atoms with Crippen LogP contribution < -0.4 is 11.3 Å². The molecule has 0 saturated heterocycles. The lowest BCUT2D eigenvalue weighted by Gasteiger charge is -2.11. The van der Waals surface area contributed by atoms with Crippen LogP contribution in [0.25, 0.3) is 0 Å². The van der Waals surface area contributed by atoms with Crippen LogP contribution in [0.2, 0.25) is 0 Å². The van der Waals surface area contributed by atoms with E-state index in [1.807, 2.05) is 24.3 Å². The zero-order chi connectivity index (χ0) is 9.68. The Morgan fingerprint density at radius 1 is 1.38 bits per heavy atom. The van der Waals surface area contributed by atoms with E-state index >= 15 is 0 Å². The largest absolute Gasteiger partial charge is 0.394 e. The highest BCUT2D eigenvalue weighted by Crippen LogP contribution is 2.15. The van der Waals surface area contributed by atoms with Gasteiger partial charge in [-0.25, -0.2) is 0 Å². The Morgan fingerprint density at radius 3 is 2.69 bits per heavy atom. The molecular weight excluding hydrogens is 168 g/mol. The summed E-state index contributed by atoms with van der Waals surface area (Å²) in [5.41, 5.74) is 4.20. The van der Waals surface area contributed by atoms with Crippen LogP contribution in [0.15, 0.2) is 24.3 Å².